The summed E-state index contributed by atoms with van der Waals surface area (Å²) in [6, 6.07) is 8.96. The summed E-state index contributed by atoms with van der Waals surface area (Å²) < 4.78 is 0. The van der Waals surface area contributed by atoms with Crippen LogP contribution in [0.25, 0.3) is 0 Å². The van der Waals surface area contributed by atoms with E-state index in [1.807, 2.05) is 12.3 Å². The number of hydrogen-bond donors (Lipinski definition) is 1. The summed E-state index contributed by atoms with van der Waals surface area (Å²) in [6.45, 7) is 5.63. The van der Waals surface area contributed by atoms with Crippen molar-refractivity contribution in [2.24, 2.45) is 0 Å². The Hall–Kier alpha value is -0.930. The molecular weight excluding hydrogens is 234 g/mol. The molecule has 0 spiro atoms. The maximum Gasteiger partial charge on any atom is 0.0572 e. The summed E-state index contributed by atoms with van der Waals surface area (Å²) in [5.41, 5.74) is 1.22. The summed E-state index contributed by atoms with van der Waals surface area (Å²) in [5.74, 6) is 0. The van der Waals surface area contributed by atoms with Gasteiger partial charge >= 0.3 is 0 Å². The van der Waals surface area contributed by atoms with Gasteiger partial charge in [0.15, 0.2) is 0 Å². The Balaban J connectivity index is 1.73. The van der Waals surface area contributed by atoms with E-state index >= 15 is 0 Å². The van der Waals surface area contributed by atoms with Crippen LogP contribution in [0.15, 0.2) is 24.4 Å². The van der Waals surface area contributed by atoms with Gasteiger partial charge in [-0.15, -0.1) is 0 Å². The number of piperidine rings is 1. The Morgan fingerprint density at radius 2 is 2.05 bits per heavy atom. The molecule has 104 valence electrons. The van der Waals surface area contributed by atoms with Crippen LogP contribution in [-0.4, -0.2) is 34.6 Å². The van der Waals surface area contributed by atoms with Crippen LogP contribution in [0.4, 0.5) is 0 Å². The number of aromatic nitrogens is 1. The minimum Gasteiger partial charge on any atom is -0.314 e. The van der Waals surface area contributed by atoms with Gasteiger partial charge in [0.25, 0.3) is 0 Å². The lowest BCUT2D eigenvalue weighted by Crippen LogP contribution is -2.49. The third kappa shape index (κ3) is 2.54. The quantitative estimate of drug-likeness (QED) is 0.901. The van der Waals surface area contributed by atoms with Crippen molar-refractivity contribution in [2.45, 2.75) is 63.7 Å². The molecule has 0 amide bonds. The first-order valence-electron chi connectivity index (χ1n) is 7.71. The van der Waals surface area contributed by atoms with E-state index in [2.05, 4.69) is 41.2 Å². The molecule has 1 aromatic heterocycles. The van der Waals surface area contributed by atoms with Crippen molar-refractivity contribution in [3.05, 3.63) is 30.1 Å². The van der Waals surface area contributed by atoms with Gasteiger partial charge in [-0.05, 0) is 51.3 Å². The summed E-state index contributed by atoms with van der Waals surface area (Å²) in [7, 11) is 0. The van der Waals surface area contributed by atoms with Crippen molar-refractivity contribution in [2.75, 3.05) is 6.54 Å². The zero-order valence-electron chi connectivity index (χ0n) is 12.0. The summed E-state index contributed by atoms with van der Waals surface area (Å²) in [6.07, 6.45) is 7.26. The van der Waals surface area contributed by atoms with Crippen molar-refractivity contribution in [3.63, 3.8) is 0 Å². The third-order valence-electron chi connectivity index (χ3n) is 4.85. The minimum atomic E-state index is 0.460. The molecule has 0 aromatic carbocycles. The fourth-order valence-corrected chi connectivity index (χ4v) is 4.08. The van der Waals surface area contributed by atoms with Crippen LogP contribution in [-0.2, 0) is 0 Å². The van der Waals surface area contributed by atoms with Crippen LogP contribution in [0.3, 0.4) is 0 Å². The first-order chi connectivity index (χ1) is 9.29. The Morgan fingerprint density at radius 1 is 1.32 bits per heavy atom. The van der Waals surface area contributed by atoms with Crippen molar-refractivity contribution >= 4 is 0 Å². The molecule has 3 nitrogen and oxygen atoms in total. The average Bonchev–Trinajstić information content (AvgIpc) is 2.71. The van der Waals surface area contributed by atoms with Crippen LogP contribution in [0.1, 0.15) is 51.3 Å². The van der Waals surface area contributed by atoms with Crippen LogP contribution >= 0.6 is 0 Å². The molecule has 2 bridgehead atoms. The molecule has 19 heavy (non-hydrogen) atoms. The van der Waals surface area contributed by atoms with Crippen LogP contribution in [0.5, 0.6) is 0 Å². The smallest absolute Gasteiger partial charge is 0.0572 e. The lowest BCUT2D eigenvalue weighted by molar-refractivity contribution is 0.0757. The molecule has 1 aromatic rings. The second-order valence-electron chi connectivity index (χ2n) is 5.99. The fraction of sp³-hybridized carbons (Fsp3) is 0.688. The summed E-state index contributed by atoms with van der Waals surface area (Å²) in [4.78, 5) is 7.28. The maximum atomic E-state index is 4.55. The lowest BCUT2D eigenvalue weighted by atomic mass is 9.95. The van der Waals surface area contributed by atoms with Crippen molar-refractivity contribution < 1.29 is 0 Å². The first-order valence-corrected chi connectivity index (χ1v) is 7.71. The Labute approximate surface area is 116 Å². The highest BCUT2D eigenvalue weighted by Gasteiger charge is 2.42. The van der Waals surface area contributed by atoms with Crippen molar-refractivity contribution in [1.82, 2.24) is 15.2 Å². The van der Waals surface area contributed by atoms with Crippen LogP contribution in [0.2, 0.25) is 0 Å². The molecule has 3 unspecified atom stereocenters. The van der Waals surface area contributed by atoms with E-state index in [1.165, 1.54) is 31.4 Å². The van der Waals surface area contributed by atoms with Crippen molar-refractivity contribution in [3.8, 4) is 0 Å². The fourth-order valence-electron chi connectivity index (χ4n) is 4.08. The standard InChI is InChI=1S/C16H25N3/c1-3-17-13-10-14-7-8-15(11-13)19(14)12(2)16-6-4-5-9-18-16/h4-6,9,12-15,17H,3,7-8,10-11H2,1-2H3. The Morgan fingerprint density at radius 3 is 2.63 bits per heavy atom. The maximum absolute atomic E-state index is 4.55. The number of nitrogens with one attached hydrogen (secondary N) is 1. The zero-order chi connectivity index (χ0) is 13.2. The molecule has 2 saturated heterocycles. The lowest BCUT2D eigenvalue weighted by Gasteiger charge is -2.42. The van der Waals surface area contributed by atoms with Gasteiger partial charge in [0.2, 0.25) is 0 Å². The predicted molar refractivity (Wildman–Crippen MR) is 78.0 cm³/mol. The topological polar surface area (TPSA) is 28.2 Å². The largest absolute Gasteiger partial charge is 0.314 e. The van der Waals surface area contributed by atoms with E-state index in [0.717, 1.165) is 24.7 Å². The molecule has 1 N–H and O–H groups in total. The highest BCUT2D eigenvalue weighted by atomic mass is 15.3. The van der Waals surface area contributed by atoms with Gasteiger partial charge in [-0.3, -0.25) is 9.88 Å². The molecule has 3 rings (SSSR count). The van der Waals surface area contributed by atoms with Crippen molar-refractivity contribution in [1.29, 1.82) is 0 Å². The van der Waals surface area contributed by atoms with Crippen LogP contribution < -0.4 is 5.32 Å². The van der Waals surface area contributed by atoms with E-state index in [4.69, 9.17) is 0 Å². The van der Waals surface area contributed by atoms with E-state index in [1.54, 1.807) is 0 Å². The highest BCUT2D eigenvalue weighted by molar-refractivity contribution is 5.11. The second kappa shape index (κ2) is 5.59. The molecule has 0 aliphatic carbocycles. The van der Waals surface area contributed by atoms with Gasteiger partial charge in [-0.2, -0.15) is 0 Å². The second-order valence-corrected chi connectivity index (χ2v) is 5.99. The first kappa shape index (κ1) is 13.1. The minimum absolute atomic E-state index is 0.460. The normalized spacial score (nSPS) is 32.4. The van der Waals surface area contributed by atoms with Gasteiger partial charge in [-0.25, -0.2) is 0 Å². The number of fused-ring (bicyclic) bond motifs is 2. The molecule has 3 heteroatoms. The van der Waals surface area contributed by atoms with Gasteiger partial charge in [0, 0.05) is 30.4 Å². The van der Waals surface area contributed by atoms with Gasteiger partial charge in [0.05, 0.1) is 5.69 Å². The number of hydrogen-bond acceptors (Lipinski definition) is 3. The van der Waals surface area contributed by atoms with E-state index in [-0.39, 0.29) is 0 Å². The average molecular weight is 259 g/mol. The van der Waals surface area contributed by atoms with Gasteiger partial charge < -0.3 is 5.32 Å². The van der Waals surface area contributed by atoms with Crippen LogP contribution in [0, 0.1) is 0 Å². The molecule has 0 radical (unpaired) electrons. The summed E-state index contributed by atoms with van der Waals surface area (Å²) in [5, 5.41) is 3.64. The Kier molecular flexibility index (Phi) is 3.85. The summed E-state index contributed by atoms with van der Waals surface area (Å²) >= 11 is 0. The predicted octanol–water partition coefficient (Wildman–Crippen LogP) is 2.75. The molecule has 3 heterocycles. The molecule has 2 fully saturated rings. The molecule has 2 aliphatic rings. The molecule has 3 atom stereocenters. The zero-order valence-corrected chi connectivity index (χ0v) is 12.0. The molecule has 0 saturated carbocycles. The van der Waals surface area contributed by atoms with E-state index in [9.17, 15) is 0 Å². The van der Waals surface area contributed by atoms with E-state index in [0.29, 0.717) is 6.04 Å². The SMILES string of the molecule is CCNC1CC2CCC(C1)N2C(C)c1ccccn1. The Bertz CT molecular complexity index is 392. The van der Waals surface area contributed by atoms with Gasteiger partial charge in [-0.1, -0.05) is 13.0 Å². The van der Waals surface area contributed by atoms with Gasteiger partial charge in [0.1, 0.15) is 0 Å². The number of nitrogens with zero attached hydrogens (tertiary/aromatic N) is 2. The molecular formula is C16H25N3. The molecule has 2 aliphatic heterocycles. The number of rotatable bonds is 4. The highest BCUT2D eigenvalue weighted by Crippen LogP contribution is 2.40. The van der Waals surface area contributed by atoms with E-state index < -0.39 is 0 Å². The third-order valence-corrected chi connectivity index (χ3v) is 4.85. The monoisotopic (exact) mass is 259 g/mol. The number of pyridine rings is 1.